The molecule has 2 rings (SSSR count). The number of carbonyl (C=O) groups excluding carboxylic acids is 1. The minimum Gasteiger partial charge on any atom is -0.397 e. The van der Waals surface area contributed by atoms with Gasteiger partial charge in [0.2, 0.25) is 0 Å². The number of carbonyl (C=O) groups is 1. The maximum absolute atomic E-state index is 12.2. The number of anilines is 1. The van der Waals surface area contributed by atoms with Gasteiger partial charge in [-0.05, 0) is 12.1 Å². The topological polar surface area (TPSA) is 87.9 Å². The molecule has 6 nitrogen and oxygen atoms in total. The first-order valence-electron chi connectivity index (χ1n) is 5.23. The zero-order valence-corrected chi connectivity index (χ0v) is 10.5. The van der Waals surface area contributed by atoms with Crippen molar-refractivity contribution in [2.24, 2.45) is 0 Å². The zero-order valence-electron chi connectivity index (χ0n) is 9.72. The molecule has 1 amide bonds. The highest BCUT2D eigenvalue weighted by molar-refractivity contribution is 6.33. The maximum atomic E-state index is 12.2. The average molecular weight is 266 g/mol. The van der Waals surface area contributed by atoms with Crippen molar-refractivity contribution in [3.8, 4) is 0 Å². The van der Waals surface area contributed by atoms with E-state index >= 15 is 0 Å². The number of aromatic nitrogens is 3. The van der Waals surface area contributed by atoms with Gasteiger partial charge in [-0.3, -0.25) is 9.89 Å². The Morgan fingerprint density at radius 2 is 2.33 bits per heavy atom. The molecule has 0 saturated carbocycles. The summed E-state index contributed by atoms with van der Waals surface area (Å²) in [4.78, 5) is 17.6. The van der Waals surface area contributed by atoms with Gasteiger partial charge in [-0.15, -0.1) is 0 Å². The van der Waals surface area contributed by atoms with Crippen LogP contribution in [0.5, 0.6) is 0 Å². The lowest BCUT2D eigenvalue weighted by molar-refractivity contribution is 0.0782. The highest BCUT2D eigenvalue weighted by atomic mass is 35.5. The fraction of sp³-hybridized carbons (Fsp3) is 0.182. The molecule has 1 aromatic carbocycles. The lowest BCUT2D eigenvalue weighted by Crippen LogP contribution is -2.27. The van der Waals surface area contributed by atoms with Gasteiger partial charge in [0.25, 0.3) is 5.91 Å². The molecule has 18 heavy (non-hydrogen) atoms. The SMILES string of the molecule is CN(Cc1ncn[nH]1)C(=O)c1cccc(Cl)c1N. The second kappa shape index (κ2) is 5.05. The number of rotatable bonds is 3. The van der Waals surface area contributed by atoms with E-state index in [2.05, 4.69) is 15.2 Å². The molecule has 0 bridgehead atoms. The van der Waals surface area contributed by atoms with Crippen molar-refractivity contribution in [1.82, 2.24) is 20.1 Å². The average Bonchev–Trinajstić information content (AvgIpc) is 2.84. The van der Waals surface area contributed by atoms with Crippen LogP contribution >= 0.6 is 11.6 Å². The molecule has 0 saturated heterocycles. The number of hydrogen-bond acceptors (Lipinski definition) is 4. The van der Waals surface area contributed by atoms with E-state index in [1.54, 1.807) is 25.2 Å². The summed E-state index contributed by atoms with van der Waals surface area (Å²) in [5, 5.41) is 6.78. The second-order valence-electron chi connectivity index (χ2n) is 3.79. The van der Waals surface area contributed by atoms with Crippen LogP contribution in [0.4, 0.5) is 5.69 Å². The fourth-order valence-electron chi connectivity index (χ4n) is 1.53. The number of nitrogens with zero attached hydrogens (tertiary/aromatic N) is 3. The Bertz CT molecular complexity index is 555. The molecule has 0 atom stereocenters. The van der Waals surface area contributed by atoms with Crippen LogP contribution in [0.2, 0.25) is 5.02 Å². The first-order chi connectivity index (χ1) is 8.59. The van der Waals surface area contributed by atoms with E-state index in [9.17, 15) is 4.79 Å². The molecular weight excluding hydrogens is 254 g/mol. The van der Waals surface area contributed by atoms with Crippen LogP contribution < -0.4 is 5.73 Å². The number of halogens is 1. The van der Waals surface area contributed by atoms with Crippen LogP contribution in [0, 0.1) is 0 Å². The molecule has 1 heterocycles. The molecule has 0 spiro atoms. The van der Waals surface area contributed by atoms with Crippen molar-refractivity contribution in [3.63, 3.8) is 0 Å². The molecule has 2 aromatic rings. The molecule has 0 aliphatic carbocycles. The summed E-state index contributed by atoms with van der Waals surface area (Å²) in [5.41, 5.74) is 6.44. The van der Waals surface area contributed by atoms with Gasteiger partial charge in [0.1, 0.15) is 12.2 Å². The van der Waals surface area contributed by atoms with E-state index < -0.39 is 0 Å². The first-order valence-corrected chi connectivity index (χ1v) is 5.61. The lowest BCUT2D eigenvalue weighted by atomic mass is 10.1. The Kier molecular flexibility index (Phi) is 3.47. The molecule has 0 unspecified atom stereocenters. The van der Waals surface area contributed by atoms with Crippen molar-refractivity contribution in [2.45, 2.75) is 6.54 Å². The Labute approximate surface area is 109 Å². The molecule has 1 aromatic heterocycles. The van der Waals surface area contributed by atoms with Crippen molar-refractivity contribution >= 4 is 23.2 Å². The largest absolute Gasteiger partial charge is 0.397 e. The number of amides is 1. The van der Waals surface area contributed by atoms with E-state index in [1.807, 2.05) is 0 Å². The van der Waals surface area contributed by atoms with Crippen LogP contribution in [0.1, 0.15) is 16.2 Å². The minimum absolute atomic E-state index is 0.216. The van der Waals surface area contributed by atoms with Crippen LogP contribution in [0.3, 0.4) is 0 Å². The van der Waals surface area contributed by atoms with Crippen LogP contribution in [0.15, 0.2) is 24.5 Å². The Morgan fingerprint density at radius 3 is 3.00 bits per heavy atom. The minimum atomic E-state index is -0.216. The summed E-state index contributed by atoms with van der Waals surface area (Å²) in [7, 11) is 1.66. The monoisotopic (exact) mass is 265 g/mol. The molecular formula is C11H12ClN5O. The van der Waals surface area contributed by atoms with Gasteiger partial charge in [0.05, 0.1) is 22.8 Å². The van der Waals surface area contributed by atoms with Crippen molar-refractivity contribution in [1.29, 1.82) is 0 Å². The highest BCUT2D eigenvalue weighted by Crippen LogP contribution is 2.23. The summed E-state index contributed by atoms with van der Waals surface area (Å²) in [6.07, 6.45) is 1.39. The number of nitrogens with two attached hydrogens (primary N) is 1. The molecule has 0 radical (unpaired) electrons. The number of H-pyrrole nitrogens is 1. The van der Waals surface area contributed by atoms with Crippen molar-refractivity contribution in [3.05, 3.63) is 40.9 Å². The van der Waals surface area contributed by atoms with E-state index in [1.165, 1.54) is 11.2 Å². The standard InChI is InChI=1S/C11H12ClN5O/c1-17(5-9-14-6-15-16-9)11(18)7-3-2-4-8(12)10(7)13/h2-4,6H,5,13H2,1H3,(H,14,15,16). The van der Waals surface area contributed by atoms with E-state index in [0.29, 0.717) is 23.0 Å². The van der Waals surface area contributed by atoms with E-state index in [4.69, 9.17) is 17.3 Å². The Balaban J connectivity index is 2.18. The van der Waals surface area contributed by atoms with Gasteiger partial charge < -0.3 is 10.6 Å². The number of benzene rings is 1. The number of nitrogen functional groups attached to an aromatic ring is 1. The number of nitrogens with one attached hydrogen (secondary N) is 1. The highest BCUT2D eigenvalue weighted by Gasteiger charge is 2.16. The van der Waals surface area contributed by atoms with Gasteiger partial charge in [-0.1, -0.05) is 17.7 Å². The molecule has 3 N–H and O–H groups in total. The van der Waals surface area contributed by atoms with Crippen LogP contribution in [0.25, 0.3) is 0 Å². The van der Waals surface area contributed by atoms with Gasteiger partial charge in [0.15, 0.2) is 0 Å². The predicted molar refractivity (Wildman–Crippen MR) is 68.0 cm³/mol. The quantitative estimate of drug-likeness (QED) is 0.819. The fourth-order valence-corrected chi connectivity index (χ4v) is 1.71. The van der Waals surface area contributed by atoms with E-state index in [0.717, 1.165) is 0 Å². The summed E-state index contributed by atoms with van der Waals surface area (Å²) < 4.78 is 0. The smallest absolute Gasteiger partial charge is 0.256 e. The van der Waals surface area contributed by atoms with E-state index in [-0.39, 0.29) is 11.6 Å². The zero-order chi connectivity index (χ0) is 13.1. The Morgan fingerprint density at radius 1 is 1.56 bits per heavy atom. The molecule has 0 aliphatic heterocycles. The third-order valence-electron chi connectivity index (χ3n) is 2.48. The van der Waals surface area contributed by atoms with Gasteiger partial charge in [-0.2, -0.15) is 5.10 Å². The maximum Gasteiger partial charge on any atom is 0.256 e. The number of para-hydroxylation sites is 1. The lowest BCUT2D eigenvalue weighted by Gasteiger charge is -2.17. The molecule has 94 valence electrons. The summed E-state index contributed by atoms with van der Waals surface area (Å²) in [6.45, 7) is 0.324. The first kappa shape index (κ1) is 12.4. The third-order valence-corrected chi connectivity index (χ3v) is 2.81. The van der Waals surface area contributed by atoms with Crippen molar-refractivity contribution < 1.29 is 4.79 Å². The van der Waals surface area contributed by atoms with Crippen molar-refractivity contribution in [2.75, 3.05) is 12.8 Å². The number of hydrogen-bond donors (Lipinski definition) is 2. The summed E-state index contributed by atoms with van der Waals surface area (Å²) >= 11 is 5.88. The number of aromatic amines is 1. The second-order valence-corrected chi connectivity index (χ2v) is 4.20. The van der Waals surface area contributed by atoms with Gasteiger partial charge in [-0.25, -0.2) is 4.98 Å². The molecule has 0 fully saturated rings. The van der Waals surface area contributed by atoms with Gasteiger partial charge in [0, 0.05) is 7.05 Å². The van der Waals surface area contributed by atoms with Crippen LogP contribution in [-0.2, 0) is 6.54 Å². The molecule has 7 heteroatoms. The summed E-state index contributed by atoms with van der Waals surface area (Å²) in [5.74, 6) is 0.387. The third kappa shape index (κ3) is 2.43. The van der Waals surface area contributed by atoms with Gasteiger partial charge >= 0.3 is 0 Å². The summed E-state index contributed by atoms with van der Waals surface area (Å²) in [6, 6.07) is 4.97. The molecule has 0 aliphatic rings. The Hall–Kier alpha value is -2.08. The predicted octanol–water partition coefficient (Wildman–Crippen LogP) is 1.31. The normalized spacial score (nSPS) is 10.3. The van der Waals surface area contributed by atoms with Crippen LogP contribution in [-0.4, -0.2) is 33.0 Å².